The Bertz CT molecular complexity index is 404. The minimum Gasteiger partial charge on any atom is -0.711 e. The van der Waals surface area contributed by atoms with Crippen molar-refractivity contribution < 1.29 is 14.4 Å². The van der Waals surface area contributed by atoms with Crippen molar-refractivity contribution >= 4 is 11.5 Å². The van der Waals surface area contributed by atoms with E-state index in [9.17, 15) is 15.3 Å². The molecular formula is C9H11N3O4. The smallest absolute Gasteiger partial charge is 0.286 e. The fraction of sp³-hybridized carbons (Fsp3) is 0.444. The number of rotatable bonds is 2. The minimum atomic E-state index is -0.510. The molecule has 0 radical (unpaired) electrons. The van der Waals surface area contributed by atoms with Crippen LogP contribution in [0.4, 0.5) is 11.5 Å². The monoisotopic (exact) mass is 225 g/mol. The standard InChI is InChI=1S/C9H11N3O4/c13-11-2-1-8(12(14)15)7-9(11)10-3-5-16-6-4-10/h1-2,7H,3-6H2. The molecule has 1 aliphatic heterocycles. The average Bonchev–Trinajstić information content (AvgIpc) is 2.30. The molecule has 0 amide bonds. The largest absolute Gasteiger partial charge is 0.711 e. The molecule has 2 rings (SSSR count). The van der Waals surface area contributed by atoms with Gasteiger partial charge in [0, 0.05) is 0 Å². The van der Waals surface area contributed by atoms with Gasteiger partial charge in [-0.25, -0.2) is 4.73 Å². The summed E-state index contributed by atoms with van der Waals surface area (Å²) in [7, 11) is 0. The Hall–Kier alpha value is -1.89. The van der Waals surface area contributed by atoms with Gasteiger partial charge in [0.15, 0.2) is 0 Å². The molecule has 2 heterocycles. The van der Waals surface area contributed by atoms with Crippen LogP contribution < -0.4 is 9.63 Å². The second-order valence-corrected chi connectivity index (χ2v) is 3.43. The second kappa shape index (κ2) is 4.31. The summed E-state index contributed by atoms with van der Waals surface area (Å²) in [6.45, 7) is 2.21. The van der Waals surface area contributed by atoms with Crippen LogP contribution in [-0.4, -0.2) is 31.2 Å². The van der Waals surface area contributed by atoms with E-state index in [4.69, 9.17) is 4.74 Å². The molecule has 1 saturated heterocycles. The van der Waals surface area contributed by atoms with Crippen LogP contribution in [-0.2, 0) is 4.74 Å². The van der Waals surface area contributed by atoms with Gasteiger partial charge in [-0.05, 0) is 0 Å². The summed E-state index contributed by atoms with van der Waals surface area (Å²) < 4.78 is 5.79. The third kappa shape index (κ3) is 2.03. The van der Waals surface area contributed by atoms with E-state index < -0.39 is 4.92 Å². The topological polar surface area (TPSA) is 82.5 Å². The predicted octanol–water partition coefficient (Wildman–Crippen LogP) is 0.0648. The Kier molecular flexibility index (Phi) is 2.86. The van der Waals surface area contributed by atoms with E-state index in [2.05, 4.69) is 0 Å². The zero-order valence-corrected chi connectivity index (χ0v) is 8.54. The molecule has 7 heteroatoms. The van der Waals surface area contributed by atoms with Crippen LogP contribution in [0.1, 0.15) is 0 Å². The van der Waals surface area contributed by atoms with Crippen LogP contribution in [0.3, 0.4) is 0 Å². The molecule has 0 atom stereocenters. The fourth-order valence-corrected chi connectivity index (χ4v) is 1.60. The number of morpholine rings is 1. The molecule has 7 nitrogen and oxygen atoms in total. The van der Waals surface area contributed by atoms with Crippen molar-refractivity contribution in [3.8, 4) is 0 Å². The third-order valence-electron chi connectivity index (χ3n) is 2.43. The van der Waals surface area contributed by atoms with Crippen LogP contribution in [0.25, 0.3) is 0 Å². The van der Waals surface area contributed by atoms with Gasteiger partial charge in [-0.3, -0.25) is 15.0 Å². The van der Waals surface area contributed by atoms with E-state index in [1.165, 1.54) is 12.1 Å². The lowest BCUT2D eigenvalue weighted by molar-refractivity contribution is -0.593. The van der Waals surface area contributed by atoms with E-state index >= 15 is 0 Å². The van der Waals surface area contributed by atoms with Gasteiger partial charge in [-0.2, -0.15) is 0 Å². The van der Waals surface area contributed by atoms with Crippen molar-refractivity contribution in [1.82, 2.24) is 0 Å². The first-order valence-electron chi connectivity index (χ1n) is 4.89. The summed E-state index contributed by atoms with van der Waals surface area (Å²) in [4.78, 5) is 11.9. The molecule has 0 bridgehead atoms. The Morgan fingerprint density at radius 2 is 2.12 bits per heavy atom. The quantitative estimate of drug-likeness (QED) is 0.308. The molecule has 1 aromatic heterocycles. The molecule has 86 valence electrons. The van der Waals surface area contributed by atoms with Crippen molar-refractivity contribution in [2.75, 3.05) is 31.2 Å². The summed E-state index contributed by atoms with van der Waals surface area (Å²) >= 11 is 0. The van der Waals surface area contributed by atoms with Gasteiger partial charge >= 0.3 is 0 Å². The zero-order chi connectivity index (χ0) is 11.5. The highest BCUT2D eigenvalue weighted by atomic mass is 16.6. The van der Waals surface area contributed by atoms with Gasteiger partial charge < -0.3 is 9.94 Å². The second-order valence-electron chi connectivity index (χ2n) is 3.43. The molecular weight excluding hydrogens is 214 g/mol. The lowest BCUT2D eigenvalue weighted by atomic mass is 10.3. The summed E-state index contributed by atoms with van der Waals surface area (Å²) in [5.41, 5.74) is -0.0754. The maximum absolute atomic E-state index is 11.5. The number of pyridine rings is 1. The van der Waals surface area contributed by atoms with E-state index in [1.807, 2.05) is 0 Å². The van der Waals surface area contributed by atoms with Crippen LogP contribution in [0.2, 0.25) is 0 Å². The Balaban J connectivity index is 2.30. The van der Waals surface area contributed by atoms with Gasteiger partial charge in [0.05, 0.1) is 24.2 Å². The van der Waals surface area contributed by atoms with Crippen molar-refractivity contribution in [2.45, 2.75) is 0 Å². The van der Waals surface area contributed by atoms with E-state index in [-0.39, 0.29) is 5.69 Å². The molecule has 1 aromatic rings. The number of hydrogen-bond acceptors (Lipinski definition) is 5. The molecule has 16 heavy (non-hydrogen) atoms. The zero-order valence-electron chi connectivity index (χ0n) is 8.54. The van der Waals surface area contributed by atoms with Crippen LogP contribution in [0.5, 0.6) is 0 Å². The van der Waals surface area contributed by atoms with Crippen molar-refractivity contribution in [3.05, 3.63) is 33.7 Å². The Morgan fingerprint density at radius 1 is 1.44 bits per heavy atom. The summed E-state index contributed by atoms with van der Waals surface area (Å²) in [6.07, 6.45) is 1.16. The van der Waals surface area contributed by atoms with E-state index in [1.54, 1.807) is 4.90 Å². The first kappa shape index (κ1) is 10.6. The molecule has 1 fully saturated rings. The molecule has 0 aliphatic carbocycles. The lowest BCUT2D eigenvalue weighted by Gasteiger charge is -2.23. The van der Waals surface area contributed by atoms with Gasteiger partial charge in [-0.1, -0.05) is 0 Å². The highest BCUT2D eigenvalue weighted by Gasteiger charge is 2.22. The Morgan fingerprint density at radius 3 is 2.75 bits per heavy atom. The third-order valence-corrected chi connectivity index (χ3v) is 2.43. The summed E-state index contributed by atoms with van der Waals surface area (Å²) in [6, 6.07) is 2.48. The average molecular weight is 225 g/mol. The summed E-state index contributed by atoms with van der Waals surface area (Å²) in [5.74, 6) is 0.303. The number of anilines is 1. The van der Waals surface area contributed by atoms with E-state index in [0.717, 1.165) is 6.20 Å². The lowest BCUT2D eigenvalue weighted by Crippen LogP contribution is -2.44. The normalized spacial score (nSPS) is 16.1. The van der Waals surface area contributed by atoms with Gasteiger partial charge in [0.1, 0.15) is 25.4 Å². The Labute approximate surface area is 91.6 Å². The van der Waals surface area contributed by atoms with Crippen LogP contribution in [0, 0.1) is 15.3 Å². The minimum absolute atomic E-state index is 0.0754. The molecule has 1 aliphatic rings. The predicted molar refractivity (Wildman–Crippen MR) is 55.1 cm³/mol. The van der Waals surface area contributed by atoms with Gasteiger partial charge in [0.25, 0.3) is 11.5 Å². The molecule has 0 unspecified atom stereocenters. The number of nitrogens with zero attached hydrogens (tertiary/aromatic N) is 3. The van der Waals surface area contributed by atoms with Gasteiger partial charge in [-0.15, -0.1) is 0 Å². The fourth-order valence-electron chi connectivity index (χ4n) is 1.60. The molecule has 0 aromatic carbocycles. The summed E-state index contributed by atoms with van der Waals surface area (Å²) in [5, 5.41) is 22.1. The first-order chi connectivity index (χ1) is 7.68. The SMILES string of the molecule is O=[N+]([O-])c1cc[n+]([O-])c(N2CCOCC2)c1. The molecule has 0 saturated carbocycles. The molecule has 0 N–H and O–H groups in total. The van der Waals surface area contributed by atoms with Crippen LogP contribution in [0.15, 0.2) is 18.3 Å². The first-order valence-corrected chi connectivity index (χ1v) is 4.89. The maximum atomic E-state index is 11.5. The highest BCUT2D eigenvalue weighted by molar-refractivity contribution is 5.42. The highest BCUT2D eigenvalue weighted by Crippen LogP contribution is 2.17. The number of hydrogen-bond donors (Lipinski definition) is 0. The number of aromatic nitrogens is 1. The number of ether oxygens (including phenoxy) is 1. The van der Waals surface area contributed by atoms with Crippen molar-refractivity contribution in [3.63, 3.8) is 0 Å². The molecule has 0 spiro atoms. The van der Waals surface area contributed by atoms with Gasteiger partial charge in [0.2, 0.25) is 0 Å². The van der Waals surface area contributed by atoms with Crippen molar-refractivity contribution in [2.24, 2.45) is 0 Å². The van der Waals surface area contributed by atoms with Crippen LogP contribution >= 0.6 is 0 Å². The van der Waals surface area contributed by atoms with Crippen molar-refractivity contribution in [1.29, 1.82) is 0 Å². The van der Waals surface area contributed by atoms with E-state index in [0.29, 0.717) is 36.9 Å². The number of nitro groups is 1. The maximum Gasteiger partial charge on any atom is 0.286 e.